The number of aromatic nitrogens is 4. The van der Waals surface area contributed by atoms with Crippen LogP contribution in [-0.4, -0.2) is 48.6 Å². The lowest BCUT2D eigenvalue weighted by atomic mass is 10.1. The number of fused-ring (bicyclic) bond motifs is 3. The fourth-order valence-electron chi connectivity index (χ4n) is 3.08. The molecule has 0 atom stereocenters. The maximum atomic E-state index is 14.0. The van der Waals surface area contributed by atoms with Gasteiger partial charge in [0.25, 0.3) is 0 Å². The molecule has 0 unspecified atom stereocenters. The second kappa shape index (κ2) is 5.78. The van der Waals surface area contributed by atoms with Gasteiger partial charge in [0, 0.05) is 30.8 Å². The van der Waals surface area contributed by atoms with Gasteiger partial charge in [-0.05, 0) is 12.1 Å². The number of H-pyrrole nitrogens is 1. The van der Waals surface area contributed by atoms with E-state index in [1.165, 1.54) is 6.07 Å². The van der Waals surface area contributed by atoms with Crippen LogP contribution in [0.15, 0.2) is 29.1 Å². The Balaban J connectivity index is 1.85. The summed E-state index contributed by atoms with van der Waals surface area (Å²) in [5.74, 6) is -1.28. The Morgan fingerprint density at radius 2 is 2.16 bits per heavy atom. The first kappa shape index (κ1) is 15.5. The van der Waals surface area contributed by atoms with E-state index >= 15 is 0 Å². The molecule has 3 heterocycles. The highest BCUT2D eigenvalue weighted by atomic mass is 19.1. The molecular weight excluding hydrogens is 329 g/mol. The van der Waals surface area contributed by atoms with Crippen molar-refractivity contribution in [1.82, 2.24) is 24.5 Å². The van der Waals surface area contributed by atoms with Crippen LogP contribution in [0.5, 0.6) is 0 Å². The van der Waals surface area contributed by atoms with Crippen LogP contribution in [0.1, 0.15) is 11.3 Å². The van der Waals surface area contributed by atoms with Crippen LogP contribution in [0.4, 0.5) is 4.39 Å². The molecule has 0 saturated heterocycles. The van der Waals surface area contributed by atoms with Gasteiger partial charge in [-0.25, -0.2) is 14.2 Å². The van der Waals surface area contributed by atoms with E-state index in [9.17, 15) is 14.0 Å². The Morgan fingerprint density at radius 1 is 1.36 bits per heavy atom. The zero-order chi connectivity index (χ0) is 17.6. The number of hydrogen-bond acceptors (Lipinski definition) is 5. The van der Waals surface area contributed by atoms with Crippen LogP contribution in [0, 0.1) is 5.82 Å². The zero-order valence-corrected chi connectivity index (χ0v) is 13.1. The largest absolute Gasteiger partial charge is 0.480 e. The molecule has 4 rings (SSSR count). The average Bonchev–Trinajstić information content (AvgIpc) is 3.01. The van der Waals surface area contributed by atoms with Gasteiger partial charge in [-0.3, -0.25) is 9.69 Å². The number of carboxylic acid groups (broad SMARTS) is 1. The third-order valence-corrected chi connectivity index (χ3v) is 4.22. The molecule has 0 saturated carbocycles. The second-order valence-corrected chi connectivity index (χ2v) is 5.89. The van der Waals surface area contributed by atoms with E-state index in [1.807, 2.05) is 0 Å². The van der Waals surface area contributed by atoms with Gasteiger partial charge in [0.2, 0.25) is 0 Å². The molecule has 1 aliphatic rings. The Hall–Kier alpha value is -3.07. The molecule has 2 N–H and O–H groups in total. The van der Waals surface area contributed by atoms with Crippen LogP contribution in [0.3, 0.4) is 0 Å². The van der Waals surface area contributed by atoms with E-state index in [1.54, 1.807) is 23.1 Å². The van der Waals surface area contributed by atoms with Crippen molar-refractivity contribution in [3.8, 4) is 11.4 Å². The molecule has 0 spiro atoms. The summed E-state index contributed by atoms with van der Waals surface area (Å²) in [4.78, 5) is 32.1. The van der Waals surface area contributed by atoms with Gasteiger partial charge < -0.3 is 10.1 Å². The second-order valence-electron chi connectivity index (χ2n) is 5.89. The topological polar surface area (TPSA) is 104 Å². The van der Waals surface area contributed by atoms with Crippen molar-refractivity contribution in [3.63, 3.8) is 0 Å². The van der Waals surface area contributed by atoms with E-state index in [0.29, 0.717) is 36.4 Å². The van der Waals surface area contributed by atoms with Crippen molar-refractivity contribution < 1.29 is 14.3 Å². The van der Waals surface area contributed by atoms with E-state index in [2.05, 4.69) is 15.1 Å². The fraction of sp³-hybridized carbons (Fsp3) is 0.250. The summed E-state index contributed by atoms with van der Waals surface area (Å²) in [6.07, 6.45) is 0.510. The summed E-state index contributed by atoms with van der Waals surface area (Å²) in [6, 6.07) is 6.07. The third-order valence-electron chi connectivity index (χ3n) is 4.22. The van der Waals surface area contributed by atoms with Crippen LogP contribution >= 0.6 is 0 Å². The number of aliphatic carboxylic acids is 1. The number of halogens is 1. The van der Waals surface area contributed by atoms with Gasteiger partial charge in [0.1, 0.15) is 5.82 Å². The van der Waals surface area contributed by atoms with E-state index in [-0.39, 0.29) is 17.9 Å². The van der Waals surface area contributed by atoms with Crippen molar-refractivity contribution in [2.24, 2.45) is 0 Å². The molecule has 8 nitrogen and oxygen atoms in total. The third kappa shape index (κ3) is 2.68. The van der Waals surface area contributed by atoms with Gasteiger partial charge in [0.05, 0.1) is 12.1 Å². The Bertz CT molecular complexity index is 1040. The summed E-state index contributed by atoms with van der Waals surface area (Å²) < 4.78 is 15.1. The summed E-state index contributed by atoms with van der Waals surface area (Å²) in [6.45, 7) is 0.760. The zero-order valence-electron chi connectivity index (χ0n) is 13.1. The lowest BCUT2D eigenvalue weighted by molar-refractivity contribution is -0.138. The van der Waals surface area contributed by atoms with Crippen LogP contribution < -0.4 is 5.69 Å². The fourth-order valence-corrected chi connectivity index (χ4v) is 3.08. The Labute approximate surface area is 140 Å². The Morgan fingerprint density at radius 3 is 2.92 bits per heavy atom. The maximum Gasteiger partial charge on any atom is 0.348 e. The summed E-state index contributed by atoms with van der Waals surface area (Å²) in [7, 11) is 0. The smallest absolute Gasteiger partial charge is 0.348 e. The molecule has 0 bridgehead atoms. The molecule has 25 heavy (non-hydrogen) atoms. The lowest BCUT2D eigenvalue weighted by Gasteiger charge is -2.26. The summed E-state index contributed by atoms with van der Waals surface area (Å²) in [5.41, 5.74) is 1.51. The minimum Gasteiger partial charge on any atom is -0.480 e. The number of nitrogens with zero attached hydrogens (tertiary/aromatic N) is 4. The number of benzene rings is 1. The van der Waals surface area contributed by atoms with Crippen molar-refractivity contribution in [1.29, 1.82) is 0 Å². The highest BCUT2D eigenvalue weighted by Crippen LogP contribution is 2.23. The predicted molar refractivity (Wildman–Crippen MR) is 85.6 cm³/mol. The lowest BCUT2D eigenvalue weighted by Crippen LogP contribution is -2.37. The van der Waals surface area contributed by atoms with Gasteiger partial charge in [-0.1, -0.05) is 12.1 Å². The summed E-state index contributed by atoms with van der Waals surface area (Å²) >= 11 is 0. The van der Waals surface area contributed by atoms with E-state index < -0.39 is 17.5 Å². The summed E-state index contributed by atoms with van der Waals surface area (Å²) in [5, 5.41) is 13.1. The number of nitrogens with one attached hydrogen (secondary N) is 1. The van der Waals surface area contributed by atoms with Gasteiger partial charge in [0.15, 0.2) is 11.5 Å². The molecule has 2 aromatic heterocycles. The molecule has 1 aliphatic heterocycles. The van der Waals surface area contributed by atoms with Crippen molar-refractivity contribution in [2.45, 2.75) is 13.0 Å². The highest BCUT2D eigenvalue weighted by Gasteiger charge is 2.24. The number of aromatic amines is 1. The van der Waals surface area contributed by atoms with Crippen LogP contribution in [0.2, 0.25) is 0 Å². The van der Waals surface area contributed by atoms with Gasteiger partial charge in [-0.2, -0.15) is 4.52 Å². The highest BCUT2D eigenvalue weighted by molar-refractivity contribution is 5.69. The van der Waals surface area contributed by atoms with Gasteiger partial charge >= 0.3 is 11.7 Å². The molecule has 3 aromatic rings. The predicted octanol–water partition coefficient (Wildman–Crippen LogP) is 0.666. The molecule has 0 amide bonds. The van der Waals surface area contributed by atoms with Crippen molar-refractivity contribution in [2.75, 3.05) is 13.1 Å². The number of carboxylic acids is 1. The maximum absolute atomic E-state index is 14.0. The van der Waals surface area contributed by atoms with E-state index in [4.69, 9.17) is 5.11 Å². The number of carbonyl (C=O) groups is 1. The first-order valence-corrected chi connectivity index (χ1v) is 7.73. The van der Waals surface area contributed by atoms with Gasteiger partial charge in [-0.15, -0.1) is 5.10 Å². The van der Waals surface area contributed by atoms with Crippen LogP contribution in [0.25, 0.3) is 17.0 Å². The monoisotopic (exact) mass is 343 g/mol. The molecule has 128 valence electrons. The minimum absolute atomic E-state index is 0.0982. The molecule has 1 aromatic carbocycles. The standard InChI is InChI=1S/C16H14FN5O3/c17-11-4-2-1-3-9(11)14-19-15-10-7-21(8-13(23)24)6-5-12(10)18-16(25)22(15)20-14/h1-4H,5-8H2,(H,18,25)(H,23,24). The first-order chi connectivity index (χ1) is 12.0. The van der Waals surface area contributed by atoms with Crippen LogP contribution in [-0.2, 0) is 17.8 Å². The number of hydrogen-bond donors (Lipinski definition) is 2. The molecule has 0 radical (unpaired) electrons. The number of rotatable bonds is 3. The average molecular weight is 343 g/mol. The first-order valence-electron chi connectivity index (χ1n) is 7.73. The SMILES string of the molecule is O=C(O)CN1CCc2[nH]c(=O)n3nc(-c4ccccc4F)nc3c2C1. The minimum atomic E-state index is -0.919. The quantitative estimate of drug-likeness (QED) is 0.724. The molecular formula is C16H14FN5O3. The normalized spacial score (nSPS) is 14.6. The molecule has 0 aliphatic carbocycles. The van der Waals surface area contributed by atoms with E-state index in [0.717, 1.165) is 4.52 Å². The van der Waals surface area contributed by atoms with Crippen molar-refractivity contribution in [3.05, 3.63) is 51.8 Å². The molecule has 0 fully saturated rings. The van der Waals surface area contributed by atoms with Crippen molar-refractivity contribution >= 4 is 11.6 Å². The Kier molecular flexibility index (Phi) is 3.57. The molecule has 9 heteroatoms.